The topological polar surface area (TPSA) is 15.3 Å². The van der Waals surface area contributed by atoms with Crippen LogP contribution in [-0.2, 0) is 0 Å². The number of nitrogens with one attached hydrogen (secondary N) is 1. The number of hydrogen-bond acceptors (Lipinski definition) is 2. The van der Waals surface area contributed by atoms with E-state index >= 15 is 0 Å². The van der Waals surface area contributed by atoms with Crippen LogP contribution in [0.1, 0.15) is 78.1 Å². The van der Waals surface area contributed by atoms with E-state index in [9.17, 15) is 0 Å². The Morgan fingerprint density at radius 2 is 1.60 bits per heavy atom. The molecule has 0 amide bonds. The first kappa shape index (κ1) is 16.3. The van der Waals surface area contributed by atoms with E-state index in [2.05, 4.69) is 24.1 Å². The molecule has 2 atom stereocenters. The summed E-state index contributed by atoms with van der Waals surface area (Å²) in [6.07, 6.45) is 14.3. The molecule has 118 valence electrons. The molecule has 1 aliphatic carbocycles. The Labute approximate surface area is 126 Å². The summed E-state index contributed by atoms with van der Waals surface area (Å²) >= 11 is 0. The Balaban J connectivity index is 1.89. The largest absolute Gasteiger partial charge is 0.313 e. The standard InChI is InChI=1S/C18H36N2/c1-3-9-16-12-14-20(15-13-16)18-11-8-6-5-7-10-17(18)19-4-2/h16-19H,3-15H2,1-2H3. The average molecular weight is 280 g/mol. The van der Waals surface area contributed by atoms with Crippen molar-refractivity contribution in [3.63, 3.8) is 0 Å². The van der Waals surface area contributed by atoms with Crippen molar-refractivity contribution in [1.82, 2.24) is 10.2 Å². The van der Waals surface area contributed by atoms with Gasteiger partial charge >= 0.3 is 0 Å². The Hall–Kier alpha value is -0.0800. The third-order valence-corrected chi connectivity index (χ3v) is 5.51. The lowest BCUT2D eigenvalue weighted by molar-refractivity contribution is 0.0894. The quantitative estimate of drug-likeness (QED) is 0.812. The number of piperidine rings is 1. The fourth-order valence-electron chi connectivity index (χ4n) is 4.38. The summed E-state index contributed by atoms with van der Waals surface area (Å²) < 4.78 is 0. The van der Waals surface area contributed by atoms with Crippen LogP contribution >= 0.6 is 0 Å². The smallest absolute Gasteiger partial charge is 0.0249 e. The molecule has 1 saturated carbocycles. The molecule has 0 aromatic rings. The molecule has 2 aliphatic rings. The van der Waals surface area contributed by atoms with Gasteiger partial charge in [0.1, 0.15) is 0 Å². The molecule has 2 heteroatoms. The van der Waals surface area contributed by atoms with Gasteiger partial charge in [0, 0.05) is 12.1 Å². The predicted octanol–water partition coefficient (Wildman–Crippen LogP) is 4.20. The molecule has 0 radical (unpaired) electrons. The maximum absolute atomic E-state index is 3.79. The first-order chi connectivity index (χ1) is 9.85. The fourth-order valence-corrected chi connectivity index (χ4v) is 4.38. The zero-order chi connectivity index (χ0) is 14.2. The number of hydrogen-bond donors (Lipinski definition) is 1. The lowest BCUT2D eigenvalue weighted by Crippen LogP contribution is -2.52. The minimum absolute atomic E-state index is 0.753. The second kappa shape index (κ2) is 9.04. The van der Waals surface area contributed by atoms with Gasteiger partial charge in [-0.15, -0.1) is 0 Å². The van der Waals surface area contributed by atoms with E-state index in [4.69, 9.17) is 0 Å². The van der Waals surface area contributed by atoms with E-state index in [1.54, 1.807) is 0 Å². The average Bonchev–Trinajstić information content (AvgIpc) is 2.44. The van der Waals surface area contributed by atoms with E-state index in [0.717, 1.165) is 24.5 Å². The van der Waals surface area contributed by atoms with Crippen molar-refractivity contribution in [2.45, 2.75) is 90.1 Å². The van der Waals surface area contributed by atoms with Gasteiger partial charge in [0.05, 0.1) is 0 Å². The van der Waals surface area contributed by atoms with Crippen LogP contribution in [0.15, 0.2) is 0 Å². The van der Waals surface area contributed by atoms with Crippen LogP contribution in [0.5, 0.6) is 0 Å². The minimum Gasteiger partial charge on any atom is -0.313 e. The maximum atomic E-state index is 3.79. The summed E-state index contributed by atoms with van der Waals surface area (Å²) in [6.45, 7) is 8.45. The molecule has 2 unspecified atom stereocenters. The highest BCUT2D eigenvalue weighted by atomic mass is 15.2. The summed E-state index contributed by atoms with van der Waals surface area (Å²) in [7, 11) is 0. The third-order valence-electron chi connectivity index (χ3n) is 5.51. The summed E-state index contributed by atoms with van der Waals surface area (Å²) in [5.74, 6) is 1.02. The molecule has 1 saturated heterocycles. The van der Waals surface area contributed by atoms with Crippen molar-refractivity contribution in [2.24, 2.45) is 5.92 Å². The van der Waals surface area contributed by atoms with Gasteiger partial charge in [-0.1, -0.05) is 52.4 Å². The highest BCUT2D eigenvalue weighted by molar-refractivity contribution is 4.88. The SMILES string of the molecule is CCCC1CCN(C2CCCCCCC2NCC)CC1. The zero-order valence-electron chi connectivity index (χ0n) is 13.9. The Bertz CT molecular complexity index is 246. The highest BCUT2D eigenvalue weighted by Gasteiger charge is 2.30. The molecule has 1 N–H and O–H groups in total. The molecule has 0 spiro atoms. The summed E-state index contributed by atoms with van der Waals surface area (Å²) in [5.41, 5.74) is 0. The van der Waals surface area contributed by atoms with Crippen LogP contribution in [0.3, 0.4) is 0 Å². The highest BCUT2D eigenvalue weighted by Crippen LogP contribution is 2.28. The normalized spacial score (nSPS) is 30.9. The van der Waals surface area contributed by atoms with Gasteiger partial charge < -0.3 is 5.32 Å². The first-order valence-corrected chi connectivity index (χ1v) is 9.32. The lowest BCUT2D eigenvalue weighted by Gasteiger charge is -2.42. The molecule has 20 heavy (non-hydrogen) atoms. The lowest BCUT2D eigenvalue weighted by atomic mass is 9.87. The molecule has 0 bridgehead atoms. The van der Waals surface area contributed by atoms with E-state index in [1.165, 1.54) is 77.3 Å². The van der Waals surface area contributed by atoms with Crippen molar-refractivity contribution >= 4 is 0 Å². The van der Waals surface area contributed by atoms with Crippen LogP contribution in [0.25, 0.3) is 0 Å². The Morgan fingerprint density at radius 1 is 0.900 bits per heavy atom. The van der Waals surface area contributed by atoms with Crippen LogP contribution in [0.2, 0.25) is 0 Å². The number of rotatable bonds is 5. The van der Waals surface area contributed by atoms with Crippen LogP contribution in [0.4, 0.5) is 0 Å². The monoisotopic (exact) mass is 280 g/mol. The van der Waals surface area contributed by atoms with Gasteiger partial charge in [0.2, 0.25) is 0 Å². The van der Waals surface area contributed by atoms with Gasteiger partial charge in [0.25, 0.3) is 0 Å². The Kier molecular flexibility index (Phi) is 7.37. The first-order valence-electron chi connectivity index (χ1n) is 9.32. The van der Waals surface area contributed by atoms with Gasteiger partial charge in [0.15, 0.2) is 0 Å². The number of nitrogens with zero attached hydrogens (tertiary/aromatic N) is 1. The van der Waals surface area contributed by atoms with Gasteiger partial charge in [-0.05, 0) is 51.2 Å². The maximum Gasteiger partial charge on any atom is 0.0249 e. The van der Waals surface area contributed by atoms with Crippen molar-refractivity contribution in [3.8, 4) is 0 Å². The van der Waals surface area contributed by atoms with Crippen LogP contribution in [0, 0.1) is 5.92 Å². The summed E-state index contributed by atoms with van der Waals surface area (Å²) in [5, 5.41) is 3.79. The molecule has 2 nitrogen and oxygen atoms in total. The van der Waals surface area contributed by atoms with E-state index < -0.39 is 0 Å². The molecular weight excluding hydrogens is 244 g/mol. The molecular formula is C18H36N2. The number of likely N-dealkylation sites (tertiary alicyclic amines) is 1. The van der Waals surface area contributed by atoms with Crippen molar-refractivity contribution in [3.05, 3.63) is 0 Å². The molecule has 2 fully saturated rings. The van der Waals surface area contributed by atoms with Gasteiger partial charge in [-0.3, -0.25) is 4.90 Å². The minimum atomic E-state index is 0.753. The van der Waals surface area contributed by atoms with Crippen molar-refractivity contribution in [2.75, 3.05) is 19.6 Å². The fraction of sp³-hybridized carbons (Fsp3) is 1.00. The van der Waals surface area contributed by atoms with Crippen molar-refractivity contribution in [1.29, 1.82) is 0 Å². The van der Waals surface area contributed by atoms with Gasteiger partial charge in [-0.25, -0.2) is 0 Å². The van der Waals surface area contributed by atoms with Crippen LogP contribution in [-0.4, -0.2) is 36.6 Å². The molecule has 0 aromatic carbocycles. The number of likely N-dealkylation sites (N-methyl/N-ethyl adjacent to an activating group) is 1. The summed E-state index contributed by atoms with van der Waals surface area (Å²) in [6, 6.07) is 1.57. The van der Waals surface area contributed by atoms with E-state index in [-0.39, 0.29) is 0 Å². The summed E-state index contributed by atoms with van der Waals surface area (Å²) in [4.78, 5) is 2.84. The predicted molar refractivity (Wildman–Crippen MR) is 88.2 cm³/mol. The van der Waals surface area contributed by atoms with E-state index in [0.29, 0.717) is 0 Å². The van der Waals surface area contributed by atoms with Gasteiger partial charge in [-0.2, -0.15) is 0 Å². The molecule has 0 aromatic heterocycles. The van der Waals surface area contributed by atoms with Crippen LogP contribution < -0.4 is 5.32 Å². The second-order valence-electron chi connectivity index (χ2n) is 6.99. The molecule has 1 heterocycles. The van der Waals surface area contributed by atoms with Crippen molar-refractivity contribution < 1.29 is 0 Å². The second-order valence-corrected chi connectivity index (χ2v) is 6.99. The molecule has 2 rings (SSSR count). The Morgan fingerprint density at radius 3 is 2.25 bits per heavy atom. The third kappa shape index (κ3) is 4.73. The zero-order valence-corrected chi connectivity index (χ0v) is 13.9. The van der Waals surface area contributed by atoms with E-state index in [1.807, 2.05) is 0 Å². The molecule has 1 aliphatic heterocycles.